The molecule has 2 heterocycles. The summed E-state index contributed by atoms with van der Waals surface area (Å²) in [5.74, 6) is -0.401. The smallest absolute Gasteiger partial charge is 0.350 e. The maximum atomic E-state index is 12.0. The molecule has 2 aromatic heterocycles. The highest BCUT2D eigenvalue weighted by Gasteiger charge is 2.21. The van der Waals surface area contributed by atoms with Crippen molar-refractivity contribution < 1.29 is 14.3 Å². The van der Waals surface area contributed by atoms with Gasteiger partial charge in [-0.25, -0.2) is 9.78 Å². The van der Waals surface area contributed by atoms with Crippen LogP contribution in [0.15, 0.2) is 6.07 Å². The molecule has 2 rings (SSSR count). The van der Waals surface area contributed by atoms with Crippen molar-refractivity contribution in [3.05, 3.63) is 22.2 Å². The number of thiophene rings is 1. The number of nitrogen functional groups attached to an aromatic ring is 1. The Labute approximate surface area is 121 Å². The number of methoxy groups -OCH3 is 1. The number of hydrogen-bond acceptors (Lipinski definition) is 6. The number of pyridine rings is 1. The lowest BCUT2D eigenvalue weighted by Gasteiger charge is -2.07. The van der Waals surface area contributed by atoms with E-state index >= 15 is 0 Å². The molecule has 0 saturated heterocycles. The lowest BCUT2D eigenvalue weighted by Crippen LogP contribution is -2.11. The topological polar surface area (TPSA) is 74.4 Å². The van der Waals surface area contributed by atoms with Gasteiger partial charge in [0.2, 0.25) is 0 Å². The molecule has 0 saturated carbocycles. The van der Waals surface area contributed by atoms with E-state index in [1.807, 2.05) is 13.0 Å². The number of aryl methyl sites for hydroxylation is 1. The van der Waals surface area contributed by atoms with E-state index in [1.54, 1.807) is 21.0 Å². The van der Waals surface area contributed by atoms with Crippen molar-refractivity contribution in [1.82, 2.24) is 4.98 Å². The number of nitrogens with two attached hydrogens (primary N) is 1. The van der Waals surface area contributed by atoms with Crippen molar-refractivity contribution in [1.29, 1.82) is 0 Å². The number of anilines is 1. The quantitative estimate of drug-likeness (QED) is 0.878. The van der Waals surface area contributed by atoms with Crippen molar-refractivity contribution in [2.75, 3.05) is 12.8 Å². The zero-order chi connectivity index (χ0) is 14.9. The second kappa shape index (κ2) is 5.76. The van der Waals surface area contributed by atoms with Crippen LogP contribution in [0.1, 0.15) is 34.8 Å². The molecule has 0 spiro atoms. The molecule has 0 aliphatic carbocycles. The van der Waals surface area contributed by atoms with Crippen molar-refractivity contribution in [2.45, 2.75) is 33.5 Å². The summed E-state index contributed by atoms with van der Waals surface area (Å²) in [5.41, 5.74) is 8.34. The fraction of sp³-hybridized carbons (Fsp3) is 0.429. The SMILES string of the molecule is COCc1cc(C)nc2sc(C(=O)OC(C)C)c(N)c12. The number of rotatable bonds is 4. The van der Waals surface area contributed by atoms with Crippen LogP contribution >= 0.6 is 11.3 Å². The number of fused-ring (bicyclic) bond motifs is 1. The van der Waals surface area contributed by atoms with Crippen LogP contribution in [0.25, 0.3) is 10.2 Å². The highest BCUT2D eigenvalue weighted by atomic mass is 32.1. The summed E-state index contributed by atoms with van der Waals surface area (Å²) in [4.78, 5) is 17.6. The van der Waals surface area contributed by atoms with Crippen molar-refractivity contribution >= 4 is 33.2 Å². The summed E-state index contributed by atoms with van der Waals surface area (Å²) in [6.07, 6.45) is -0.180. The summed E-state index contributed by atoms with van der Waals surface area (Å²) >= 11 is 1.26. The summed E-state index contributed by atoms with van der Waals surface area (Å²) in [5, 5.41) is 0.790. The molecule has 5 nitrogen and oxygen atoms in total. The summed E-state index contributed by atoms with van der Waals surface area (Å²) in [6, 6.07) is 1.92. The van der Waals surface area contributed by atoms with E-state index in [2.05, 4.69) is 4.98 Å². The molecule has 108 valence electrons. The van der Waals surface area contributed by atoms with E-state index in [1.165, 1.54) is 11.3 Å². The highest BCUT2D eigenvalue weighted by Crippen LogP contribution is 2.36. The molecule has 0 atom stereocenters. The zero-order valence-electron chi connectivity index (χ0n) is 12.0. The van der Waals surface area contributed by atoms with Crippen molar-refractivity contribution in [3.63, 3.8) is 0 Å². The van der Waals surface area contributed by atoms with Gasteiger partial charge in [-0.2, -0.15) is 0 Å². The molecule has 0 aromatic carbocycles. The zero-order valence-corrected chi connectivity index (χ0v) is 12.8. The van der Waals surface area contributed by atoms with E-state index in [9.17, 15) is 4.79 Å². The van der Waals surface area contributed by atoms with Crippen LogP contribution < -0.4 is 5.73 Å². The second-order valence-electron chi connectivity index (χ2n) is 4.83. The van der Waals surface area contributed by atoms with Crippen LogP contribution in [-0.4, -0.2) is 24.2 Å². The second-order valence-corrected chi connectivity index (χ2v) is 5.83. The van der Waals surface area contributed by atoms with Crippen LogP contribution in [0, 0.1) is 6.92 Å². The first-order valence-corrected chi connectivity index (χ1v) is 7.14. The van der Waals surface area contributed by atoms with Crippen LogP contribution in [-0.2, 0) is 16.1 Å². The summed E-state index contributed by atoms with van der Waals surface area (Å²) in [7, 11) is 1.62. The van der Waals surface area contributed by atoms with Crippen molar-refractivity contribution in [3.8, 4) is 0 Å². The van der Waals surface area contributed by atoms with Gasteiger partial charge in [-0.1, -0.05) is 0 Å². The Morgan fingerprint density at radius 1 is 1.50 bits per heavy atom. The number of carbonyl (C=O) groups is 1. The fourth-order valence-corrected chi connectivity index (χ4v) is 3.10. The molecule has 2 aromatic rings. The van der Waals surface area contributed by atoms with Gasteiger partial charge in [0, 0.05) is 18.2 Å². The molecule has 0 aliphatic heterocycles. The number of aromatic nitrogens is 1. The van der Waals surface area contributed by atoms with Gasteiger partial charge in [0.05, 0.1) is 18.4 Å². The maximum absolute atomic E-state index is 12.0. The lowest BCUT2D eigenvalue weighted by atomic mass is 10.1. The minimum atomic E-state index is -0.401. The summed E-state index contributed by atoms with van der Waals surface area (Å²) in [6.45, 7) is 5.94. The minimum Gasteiger partial charge on any atom is -0.459 e. The molecule has 6 heteroatoms. The van der Waals surface area contributed by atoms with Gasteiger partial charge in [0.15, 0.2) is 0 Å². The first kappa shape index (κ1) is 14.7. The van der Waals surface area contributed by atoms with Gasteiger partial charge in [-0.05, 0) is 32.4 Å². The predicted octanol–water partition coefficient (Wildman–Crippen LogP) is 2.90. The molecule has 0 radical (unpaired) electrons. The Morgan fingerprint density at radius 2 is 2.20 bits per heavy atom. The molecule has 0 fully saturated rings. The first-order valence-electron chi connectivity index (χ1n) is 6.32. The van der Waals surface area contributed by atoms with Gasteiger partial charge in [0.25, 0.3) is 0 Å². The third-order valence-electron chi connectivity index (χ3n) is 2.74. The molecular weight excluding hydrogens is 276 g/mol. The first-order chi connectivity index (χ1) is 9.43. The van der Waals surface area contributed by atoms with E-state index in [0.29, 0.717) is 17.2 Å². The summed E-state index contributed by atoms with van der Waals surface area (Å²) < 4.78 is 10.4. The molecule has 0 amide bonds. The fourth-order valence-electron chi connectivity index (χ4n) is 2.03. The Balaban J connectivity index is 2.57. The monoisotopic (exact) mass is 294 g/mol. The molecule has 20 heavy (non-hydrogen) atoms. The van der Waals surface area contributed by atoms with E-state index in [0.717, 1.165) is 21.5 Å². The average molecular weight is 294 g/mol. The van der Waals surface area contributed by atoms with Crippen LogP contribution in [0.4, 0.5) is 5.69 Å². The standard InChI is InChI=1S/C14H18N2O3S/c1-7(2)19-14(17)12-11(15)10-9(6-18-4)5-8(3)16-13(10)20-12/h5,7H,6,15H2,1-4H3. The Morgan fingerprint density at radius 3 is 2.80 bits per heavy atom. The minimum absolute atomic E-state index is 0.180. The van der Waals surface area contributed by atoms with Crippen LogP contribution in [0.5, 0.6) is 0 Å². The highest BCUT2D eigenvalue weighted by molar-refractivity contribution is 7.21. The van der Waals surface area contributed by atoms with E-state index in [4.69, 9.17) is 15.2 Å². The molecule has 2 N–H and O–H groups in total. The third-order valence-corrected chi connectivity index (χ3v) is 3.82. The third kappa shape index (κ3) is 2.76. The number of hydrogen-bond donors (Lipinski definition) is 1. The van der Waals surface area contributed by atoms with E-state index < -0.39 is 5.97 Å². The molecule has 0 bridgehead atoms. The number of nitrogens with zero attached hydrogens (tertiary/aromatic N) is 1. The average Bonchev–Trinajstić information content (AvgIpc) is 2.66. The predicted molar refractivity (Wildman–Crippen MR) is 80.0 cm³/mol. The molecule has 0 aliphatic rings. The lowest BCUT2D eigenvalue weighted by molar-refractivity contribution is 0.0385. The molecule has 0 unspecified atom stereocenters. The van der Waals surface area contributed by atoms with Gasteiger partial charge >= 0.3 is 5.97 Å². The Hall–Kier alpha value is -1.66. The number of esters is 1. The van der Waals surface area contributed by atoms with Crippen molar-refractivity contribution in [2.24, 2.45) is 0 Å². The van der Waals surface area contributed by atoms with Gasteiger partial charge in [0.1, 0.15) is 9.71 Å². The Kier molecular flexibility index (Phi) is 4.25. The van der Waals surface area contributed by atoms with Gasteiger partial charge in [-0.15, -0.1) is 11.3 Å². The van der Waals surface area contributed by atoms with Crippen LogP contribution in [0.3, 0.4) is 0 Å². The van der Waals surface area contributed by atoms with Gasteiger partial charge < -0.3 is 15.2 Å². The number of carbonyl (C=O) groups excluding carboxylic acids is 1. The van der Waals surface area contributed by atoms with E-state index in [-0.39, 0.29) is 6.10 Å². The maximum Gasteiger partial charge on any atom is 0.350 e. The Bertz CT molecular complexity index is 649. The van der Waals surface area contributed by atoms with Crippen LogP contribution in [0.2, 0.25) is 0 Å². The molecular formula is C14H18N2O3S. The largest absolute Gasteiger partial charge is 0.459 e. The normalized spacial score (nSPS) is 11.2. The van der Waals surface area contributed by atoms with Gasteiger partial charge in [-0.3, -0.25) is 0 Å². The number of ether oxygens (including phenoxy) is 2.